The van der Waals surface area contributed by atoms with Crippen LogP contribution in [0.25, 0.3) is 0 Å². The first-order chi connectivity index (χ1) is 13.8. The lowest BCUT2D eigenvalue weighted by molar-refractivity contribution is 0.425. The number of aryl methyl sites for hydroxylation is 1. The molecule has 0 saturated carbocycles. The summed E-state index contributed by atoms with van der Waals surface area (Å²) >= 11 is 0. The average molecular weight is 364 g/mol. The van der Waals surface area contributed by atoms with Gasteiger partial charge in [0.2, 0.25) is 0 Å². The summed E-state index contributed by atoms with van der Waals surface area (Å²) < 4.78 is 0. The quantitative estimate of drug-likeness (QED) is 0.412. The van der Waals surface area contributed by atoms with E-state index in [9.17, 15) is 0 Å². The molecular formula is C26H24N2. The van der Waals surface area contributed by atoms with Crippen molar-refractivity contribution in [1.29, 1.82) is 0 Å². The zero-order valence-corrected chi connectivity index (χ0v) is 16.0. The molecule has 3 aromatic rings. The van der Waals surface area contributed by atoms with E-state index in [4.69, 9.17) is 0 Å². The third-order valence-electron chi connectivity index (χ3n) is 6.07. The number of nitrogens with one attached hydrogen (secondary N) is 1. The molecule has 2 heteroatoms. The van der Waals surface area contributed by atoms with Crippen molar-refractivity contribution in [1.82, 2.24) is 0 Å². The van der Waals surface area contributed by atoms with Crippen LogP contribution in [0.3, 0.4) is 0 Å². The fourth-order valence-electron chi connectivity index (χ4n) is 4.52. The molecule has 3 atom stereocenters. The van der Waals surface area contributed by atoms with E-state index in [1.165, 1.54) is 22.4 Å². The lowest BCUT2D eigenvalue weighted by Crippen LogP contribution is -2.28. The number of aliphatic imine (C=N–C) groups is 1. The highest BCUT2D eigenvalue weighted by atomic mass is 15.0. The molecule has 0 radical (unpaired) electrons. The first-order valence-electron chi connectivity index (χ1n) is 10.0. The van der Waals surface area contributed by atoms with Crippen LogP contribution >= 0.6 is 0 Å². The van der Waals surface area contributed by atoms with Crippen LogP contribution in [0.5, 0.6) is 0 Å². The SMILES string of the molecule is Cc1ccccc1C=Nc1ccc([C@@H]2Nc3ccccc3[C@H]3C=CC[C@@H]32)cc1. The molecule has 28 heavy (non-hydrogen) atoms. The molecule has 0 fully saturated rings. The van der Waals surface area contributed by atoms with Gasteiger partial charge in [0.1, 0.15) is 0 Å². The summed E-state index contributed by atoms with van der Waals surface area (Å²) in [5.74, 6) is 1.09. The standard InChI is InChI=1S/C26H24N2/c1-18-7-2-3-8-20(18)17-27-21-15-13-19(14-16-21)26-24-11-6-10-22(24)23-9-4-5-12-25(23)28-26/h2-10,12-17,22,24,26,28H,11H2,1H3/t22-,24+,26+/m1/s1. The van der Waals surface area contributed by atoms with E-state index in [-0.39, 0.29) is 0 Å². The number of benzene rings is 3. The lowest BCUT2D eigenvalue weighted by atomic mass is 9.77. The number of allylic oxidation sites excluding steroid dienone is 2. The normalized spacial score (nSPS) is 22.7. The van der Waals surface area contributed by atoms with E-state index in [0.29, 0.717) is 17.9 Å². The molecule has 2 aliphatic rings. The second-order valence-corrected chi connectivity index (χ2v) is 7.77. The number of nitrogens with zero attached hydrogens (tertiary/aromatic N) is 1. The average Bonchev–Trinajstić information content (AvgIpc) is 3.23. The Kier molecular flexibility index (Phi) is 4.32. The fourth-order valence-corrected chi connectivity index (χ4v) is 4.52. The van der Waals surface area contributed by atoms with Gasteiger partial charge in [0.05, 0.1) is 11.7 Å². The molecule has 3 aromatic carbocycles. The van der Waals surface area contributed by atoms with Crippen LogP contribution in [0.4, 0.5) is 11.4 Å². The summed E-state index contributed by atoms with van der Waals surface area (Å²) in [6, 6.07) is 26.1. The molecule has 0 saturated heterocycles. The van der Waals surface area contributed by atoms with Crippen molar-refractivity contribution in [2.75, 3.05) is 5.32 Å². The zero-order chi connectivity index (χ0) is 18.9. The van der Waals surface area contributed by atoms with Crippen molar-refractivity contribution in [2.24, 2.45) is 10.9 Å². The van der Waals surface area contributed by atoms with Crippen LogP contribution in [0.1, 0.15) is 40.6 Å². The number of fused-ring (bicyclic) bond motifs is 3. The molecule has 1 N–H and O–H groups in total. The van der Waals surface area contributed by atoms with E-state index >= 15 is 0 Å². The number of rotatable bonds is 3. The number of para-hydroxylation sites is 1. The number of hydrogen-bond donors (Lipinski definition) is 1. The summed E-state index contributed by atoms with van der Waals surface area (Å²) in [6.45, 7) is 2.11. The smallest absolute Gasteiger partial charge is 0.0630 e. The highest BCUT2D eigenvalue weighted by molar-refractivity contribution is 5.83. The molecule has 138 valence electrons. The van der Waals surface area contributed by atoms with E-state index in [0.717, 1.165) is 17.7 Å². The maximum Gasteiger partial charge on any atom is 0.0630 e. The van der Waals surface area contributed by atoms with Gasteiger partial charge >= 0.3 is 0 Å². The van der Waals surface area contributed by atoms with Crippen molar-refractivity contribution in [3.63, 3.8) is 0 Å². The molecule has 1 heterocycles. The number of anilines is 1. The van der Waals surface area contributed by atoms with Gasteiger partial charge in [-0.05, 0) is 59.7 Å². The predicted molar refractivity (Wildman–Crippen MR) is 118 cm³/mol. The molecule has 0 amide bonds. The topological polar surface area (TPSA) is 24.4 Å². The van der Waals surface area contributed by atoms with Gasteiger partial charge in [-0.1, -0.05) is 66.7 Å². The maximum atomic E-state index is 4.67. The minimum Gasteiger partial charge on any atom is -0.378 e. The fraction of sp³-hybridized carbons (Fsp3) is 0.192. The van der Waals surface area contributed by atoms with E-state index in [2.05, 4.69) is 102 Å². The Morgan fingerprint density at radius 2 is 1.71 bits per heavy atom. The molecule has 2 nitrogen and oxygen atoms in total. The molecule has 1 aliphatic carbocycles. The summed E-state index contributed by atoms with van der Waals surface area (Å²) in [5.41, 5.74) is 7.43. The van der Waals surface area contributed by atoms with Crippen LogP contribution in [-0.4, -0.2) is 6.21 Å². The molecule has 0 bridgehead atoms. The van der Waals surface area contributed by atoms with E-state index in [1.807, 2.05) is 6.21 Å². The van der Waals surface area contributed by atoms with Crippen molar-refractivity contribution in [3.8, 4) is 0 Å². The highest BCUT2D eigenvalue weighted by Crippen LogP contribution is 2.49. The van der Waals surface area contributed by atoms with E-state index < -0.39 is 0 Å². The Hall–Kier alpha value is -3.13. The lowest BCUT2D eigenvalue weighted by Gasteiger charge is -2.37. The minimum atomic E-state index is 0.337. The largest absolute Gasteiger partial charge is 0.378 e. The molecule has 1 aliphatic heterocycles. The van der Waals surface area contributed by atoms with Gasteiger partial charge in [0.15, 0.2) is 0 Å². The van der Waals surface area contributed by atoms with Crippen molar-refractivity contribution in [3.05, 3.63) is 107 Å². The Balaban J connectivity index is 1.40. The van der Waals surface area contributed by atoms with Crippen LogP contribution in [-0.2, 0) is 0 Å². The summed E-state index contributed by atoms with van der Waals surface area (Å²) in [6.07, 6.45) is 7.81. The van der Waals surface area contributed by atoms with Gasteiger partial charge in [-0.25, -0.2) is 0 Å². The first-order valence-corrected chi connectivity index (χ1v) is 10.0. The summed E-state index contributed by atoms with van der Waals surface area (Å²) in [4.78, 5) is 4.67. The monoisotopic (exact) mass is 364 g/mol. The van der Waals surface area contributed by atoms with Gasteiger partial charge in [-0.3, -0.25) is 4.99 Å². The molecule has 0 aromatic heterocycles. The van der Waals surface area contributed by atoms with Crippen molar-refractivity contribution >= 4 is 17.6 Å². The van der Waals surface area contributed by atoms with Crippen LogP contribution < -0.4 is 5.32 Å². The Bertz CT molecular complexity index is 1050. The summed E-state index contributed by atoms with van der Waals surface area (Å²) in [5, 5.41) is 3.79. The van der Waals surface area contributed by atoms with E-state index in [1.54, 1.807) is 0 Å². The Labute approximate surface area is 166 Å². The third kappa shape index (κ3) is 3.05. The van der Waals surface area contributed by atoms with Crippen molar-refractivity contribution in [2.45, 2.75) is 25.3 Å². The predicted octanol–water partition coefficient (Wildman–Crippen LogP) is 6.57. The summed E-state index contributed by atoms with van der Waals surface area (Å²) in [7, 11) is 0. The van der Waals surface area contributed by atoms with Gasteiger partial charge in [0.25, 0.3) is 0 Å². The van der Waals surface area contributed by atoms with Gasteiger partial charge in [-0.15, -0.1) is 0 Å². The Morgan fingerprint density at radius 3 is 2.57 bits per heavy atom. The van der Waals surface area contributed by atoms with Crippen LogP contribution in [0.2, 0.25) is 0 Å². The molecule has 0 spiro atoms. The second kappa shape index (κ2) is 7.12. The second-order valence-electron chi connectivity index (χ2n) is 7.77. The Morgan fingerprint density at radius 1 is 0.929 bits per heavy atom. The molecular weight excluding hydrogens is 340 g/mol. The third-order valence-corrected chi connectivity index (χ3v) is 6.07. The van der Waals surface area contributed by atoms with Gasteiger partial charge < -0.3 is 5.32 Å². The van der Waals surface area contributed by atoms with Crippen LogP contribution in [0.15, 0.2) is 89.9 Å². The minimum absolute atomic E-state index is 0.337. The van der Waals surface area contributed by atoms with Crippen LogP contribution in [0, 0.1) is 12.8 Å². The molecule has 5 rings (SSSR count). The van der Waals surface area contributed by atoms with Crippen molar-refractivity contribution < 1.29 is 0 Å². The molecule has 0 unspecified atom stereocenters. The maximum absolute atomic E-state index is 4.67. The zero-order valence-electron chi connectivity index (χ0n) is 16.0. The highest BCUT2D eigenvalue weighted by Gasteiger charge is 2.37. The first kappa shape index (κ1) is 17.0. The van der Waals surface area contributed by atoms with Gasteiger partial charge in [-0.2, -0.15) is 0 Å². The number of hydrogen-bond acceptors (Lipinski definition) is 2. The van der Waals surface area contributed by atoms with Gasteiger partial charge in [0, 0.05) is 17.8 Å².